The van der Waals surface area contributed by atoms with Crippen molar-refractivity contribution in [1.29, 1.82) is 5.26 Å². The lowest BCUT2D eigenvalue weighted by atomic mass is 9.62. The molecule has 1 N–H and O–H groups in total. The molecule has 2 rings (SSSR count). The van der Waals surface area contributed by atoms with Crippen molar-refractivity contribution in [3.63, 3.8) is 0 Å². The molecule has 2 aliphatic rings. The van der Waals surface area contributed by atoms with Crippen molar-refractivity contribution < 1.29 is 5.11 Å². The average Bonchev–Trinajstić information content (AvgIpc) is 2.40. The maximum Gasteiger partial charge on any atom is 0.0832 e. The summed E-state index contributed by atoms with van der Waals surface area (Å²) in [7, 11) is 0. The molecule has 0 aromatic rings. The van der Waals surface area contributed by atoms with E-state index < -0.39 is 11.5 Å². The van der Waals surface area contributed by atoms with Crippen molar-refractivity contribution in [2.24, 2.45) is 16.7 Å². The first-order valence-corrected chi connectivity index (χ1v) is 8.07. The standard InChI is InChI=1S/C17H29NO/c1-16(2)8-10-17(13-18,11-9-16)15(19)12-14-6-4-3-5-7-14/h14-15,19H,3-12H2,1-2H3. The van der Waals surface area contributed by atoms with Crippen LogP contribution < -0.4 is 0 Å². The summed E-state index contributed by atoms with van der Waals surface area (Å²) in [5.41, 5.74) is -0.0993. The van der Waals surface area contributed by atoms with Crippen LogP contribution in [0.25, 0.3) is 0 Å². The van der Waals surface area contributed by atoms with Gasteiger partial charge in [-0.2, -0.15) is 5.26 Å². The molecule has 2 saturated carbocycles. The van der Waals surface area contributed by atoms with Gasteiger partial charge in [0.1, 0.15) is 0 Å². The Kier molecular flexibility index (Phi) is 4.56. The summed E-state index contributed by atoms with van der Waals surface area (Å²) in [6, 6.07) is 2.49. The van der Waals surface area contributed by atoms with E-state index in [1.807, 2.05) is 0 Å². The quantitative estimate of drug-likeness (QED) is 0.818. The van der Waals surface area contributed by atoms with Gasteiger partial charge in [0.2, 0.25) is 0 Å². The van der Waals surface area contributed by atoms with E-state index >= 15 is 0 Å². The van der Waals surface area contributed by atoms with Crippen LogP contribution in [-0.2, 0) is 0 Å². The van der Waals surface area contributed by atoms with Crippen LogP contribution in [0.15, 0.2) is 0 Å². The first kappa shape index (κ1) is 14.9. The summed E-state index contributed by atoms with van der Waals surface area (Å²) < 4.78 is 0. The lowest BCUT2D eigenvalue weighted by Gasteiger charge is -2.42. The normalized spacial score (nSPS) is 28.5. The molecule has 2 fully saturated rings. The zero-order chi connectivity index (χ0) is 13.9. The van der Waals surface area contributed by atoms with Crippen molar-refractivity contribution in [2.45, 2.75) is 84.2 Å². The van der Waals surface area contributed by atoms with Gasteiger partial charge in [0, 0.05) is 0 Å². The van der Waals surface area contributed by atoms with Gasteiger partial charge in [-0.25, -0.2) is 0 Å². The van der Waals surface area contributed by atoms with Crippen LogP contribution >= 0.6 is 0 Å². The van der Waals surface area contributed by atoms with E-state index in [-0.39, 0.29) is 0 Å². The molecule has 2 nitrogen and oxygen atoms in total. The Morgan fingerprint density at radius 1 is 1.11 bits per heavy atom. The second kappa shape index (κ2) is 5.83. The molecule has 0 amide bonds. The predicted molar refractivity (Wildman–Crippen MR) is 77.5 cm³/mol. The number of rotatable bonds is 3. The zero-order valence-electron chi connectivity index (χ0n) is 12.6. The third kappa shape index (κ3) is 3.51. The molecule has 19 heavy (non-hydrogen) atoms. The first-order valence-electron chi connectivity index (χ1n) is 8.07. The Balaban J connectivity index is 1.95. The van der Waals surface area contributed by atoms with E-state index in [2.05, 4.69) is 19.9 Å². The molecule has 108 valence electrons. The molecular weight excluding hydrogens is 234 g/mol. The molecule has 0 radical (unpaired) electrons. The van der Waals surface area contributed by atoms with Gasteiger partial charge >= 0.3 is 0 Å². The van der Waals surface area contributed by atoms with Crippen molar-refractivity contribution >= 4 is 0 Å². The Hall–Kier alpha value is -0.550. The van der Waals surface area contributed by atoms with Gasteiger partial charge in [0.25, 0.3) is 0 Å². The molecule has 0 aliphatic heterocycles. The molecule has 0 heterocycles. The van der Waals surface area contributed by atoms with Gasteiger partial charge in [-0.15, -0.1) is 0 Å². The molecule has 0 saturated heterocycles. The van der Waals surface area contributed by atoms with Crippen LogP contribution in [0.5, 0.6) is 0 Å². The van der Waals surface area contributed by atoms with E-state index in [9.17, 15) is 10.4 Å². The van der Waals surface area contributed by atoms with E-state index in [4.69, 9.17) is 0 Å². The van der Waals surface area contributed by atoms with Gasteiger partial charge in [-0.05, 0) is 43.4 Å². The Bertz CT molecular complexity index is 326. The molecule has 1 unspecified atom stereocenters. The molecule has 2 heteroatoms. The largest absolute Gasteiger partial charge is 0.391 e. The maximum absolute atomic E-state index is 10.6. The van der Waals surface area contributed by atoms with Crippen molar-refractivity contribution in [3.05, 3.63) is 0 Å². The summed E-state index contributed by atoms with van der Waals surface area (Å²) in [6.45, 7) is 4.56. The molecule has 0 aromatic heterocycles. The first-order chi connectivity index (χ1) is 8.97. The maximum atomic E-state index is 10.6. The smallest absolute Gasteiger partial charge is 0.0832 e. The van der Waals surface area contributed by atoms with Crippen molar-refractivity contribution in [3.8, 4) is 6.07 Å². The third-order valence-corrected chi connectivity index (χ3v) is 5.64. The van der Waals surface area contributed by atoms with Gasteiger partial charge in [-0.1, -0.05) is 46.0 Å². The lowest BCUT2D eigenvalue weighted by molar-refractivity contribution is -0.00649. The van der Waals surface area contributed by atoms with Crippen LogP contribution in [0, 0.1) is 28.1 Å². The molecule has 0 aromatic carbocycles. The van der Waals surface area contributed by atoms with Gasteiger partial charge < -0.3 is 5.11 Å². The molecule has 0 spiro atoms. The van der Waals surface area contributed by atoms with Gasteiger partial charge in [0.05, 0.1) is 17.6 Å². The minimum Gasteiger partial charge on any atom is -0.391 e. The van der Waals surface area contributed by atoms with E-state index in [1.165, 1.54) is 32.1 Å². The number of aliphatic hydroxyl groups excluding tert-OH is 1. The van der Waals surface area contributed by atoms with Crippen LogP contribution in [-0.4, -0.2) is 11.2 Å². The summed E-state index contributed by atoms with van der Waals surface area (Å²) in [4.78, 5) is 0. The topological polar surface area (TPSA) is 44.0 Å². The fourth-order valence-corrected chi connectivity index (χ4v) is 3.86. The Labute approximate surface area is 118 Å². The van der Waals surface area contributed by atoms with Crippen molar-refractivity contribution in [2.75, 3.05) is 0 Å². The summed E-state index contributed by atoms with van der Waals surface area (Å²) in [5, 5.41) is 20.2. The number of nitriles is 1. The Morgan fingerprint density at radius 3 is 2.21 bits per heavy atom. The average molecular weight is 263 g/mol. The van der Waals surface area contributed by atoms with Gasteiger partial charge in [-0.3, -0.25) is 0 Å². The second-order valence-corrected chi connectivity index (χ2v) is 7.69. The molecule has 1 atom stereocenters. The Morgan fingerprint density at radius 2 is 1.68 bits per heavy atom. The number of hydrogen-bond acceptors (Lipinski definition) is 2. The minimum absolute atomic E-state index is 0.352. The summed E-state index contributed by atoms with van der Waals surface area (Å²) in [6.07, 6.45) is 10.8. The molecular formula is C17H29NO. The van der Waals surface area contributed by atoms with E-state index in [0.29, 0.717) is 11.3 Å². The third-order valence-electron chi connectivity index (χ3n) is 5.64. The van der Waals surface area contributed by atoms with Crippen LogP contribution in [0.4, 0.5) is 0 Å². The lowest BCUT2D eigenvalue weighted by Crippen LogP contribution is -2.40. The SMILES string of the molecule is CC1(C)CCC(C#N)(C(O)CC2CCCCC2)CC1. The number of nitrogens with zero attached hydrogens (tertiary/aromatic N) is 1. The van der Waals surface area contributed by atoms with E-state index in [0.717, 1.165) is 32.1 Å². The monoisotopic (exact) mass is 263 g/mol. The van der Waals surface area contributed by atoms with Gasteiger partial charge in [0.15, 0.2) is 0 Å². The fraction of sp³-hybridized carbons (Fsp3) is 0.941. The highest BCUT2D eigenvalue weighted by Gasteiger charge is 2.44. The predicted octanol–water partition coefficient (Wildman–Crippen LogP) is 4.43. The number of hydrogen-bond donors (Lipinski definition) is 1. The van der Waals surface area contributed by atoms with E-state index in [1.54, 1.807) is 0 Å². The highest BCUT2D eigenvalue weighted by atomic mass is 16.3. The zero-order valence-corrected chi connectivity index (χ0v) is 12.6. The summed E-state index contributed by atoms with van der Waals surface area (Å²) >= 11 is 0. The van der Waals surface area contributed by atoms with Crippen LogP contribution in [0.2, 0.25) is 0 Å². The fourth-order valence-electron chi connectivity index (χ4n) is 3.86. The molecule has 2 aliphatic carbocycles. The highest BCUT2D eigenvalue weighted by molar-refractivity contribution is 5.07. The molecule has 0 bridgehead atoms. The highest BCUT2D eigenvalue weighted by Crippen LogP contribution is 2.48. The minimum atomic E-state index is -0.451. The second-order valence-electron chi connectivity index (χ2n) is 7.69. The van der Waals surface area contributed by atoms with Crippen LogP contribution in [0.3, 0.4) is 0 Å². The summed E-state index contributed by atoms with van der Waals surface area (Å²) in [5.74, 6) is 0.656. The van der Waals surface area contributed by atoms with Crippen LogP contribution in [0.1, 0.15) is 78.1 Å². The number of aliphatic hydroxyl groups is 1. The van der Waals surface area contributed by atoms with Crippen molar-refractivity contribution in [1.82, 2.24) is 0 Å².